The molecule has 0 aliphatic carbocycles. The van der Waals surface area contributed by atoms with Gasteiger partial charge < -0.3 is 9.73 Å². The van der Waals surface area contributed by atoms with E-state index in [2.05, 4.69) is 48.1 Å². The lowest BCUT2D eigenvalue weighted by Gasteiger charge is -2.30. The highest BCUT2D eigenvalue weighted by Crippen LogP contribution is 2.20. The van der Waals surface area contributed by atoms with Crippen LogP contribution in [0.5, 0.6) is 0 Å². The fourth-order valence-electron chi connectivity index (χ4n) is 2.60. The normalized spacial score (nSPS) is 11.6. The van der Waals surface area contributed by atoms with Gasteiger partial charge in [-0.1, -0.05) is 0 Å². The van der Waals surface area contributed by atoms with Gasteiger partial charge in [-0.15, -0.1) is 10.2 Å². The minimum atomic E-state index is 0.0118. The first kappa shape index (κ1) is 18.6. The van der Waals surface area contributed by atoms with Crippen molar-refractivity contribution in [2.75, 3.05) is 13.1 Å². The molecule has 0 radical (unpaired) electrons. The van der Waals surface area contributed by atoms with Gasteiger partial charge >= 0.3 is 0 Å². The highest BCUT2D eigenvalue weighted by Gasteiger charge is 2.14. The van der Waals surface area contributed by atoms with Crippen LogP contribution in [0, 0.1) is 0 Å². The van der Waals surface area contributed by atoms with Crippen LogP contribution in [0.4, 0.5) is 0 Å². The van der Waals surface area contributed by atoms with Crippen molar-refractivity contribution in [3.63, 3.8) is 0 Å². The summed E-state index contributed by atoms with van der Waals surface area (Å²) in [4.78, 5) is 14.3. The Balaban J connectivity index is 1.72. The quantitative estimate of drug-likeness (QED) is 0.753. The minimum Gasteiger partial charge on any atom is -0.421 e. The van der Waals surface area contributed by atoms with Crippen LogP contribution in [-0.2, 0) is 11.2 Å². The molecule has 0 atom stereocenters. The molecule has 0 bridgehead atoms. The number of hydrogen-bond acceptors (Lipinski definition) is 6. The van der Waals surface area contributed by atoms with E-state index >= 15 is 0 Å². The van der Waals surface area contributed by atoms with Gasteiger partial charge in [-0.3, -0.25) is 9.69 Å². The highest BCUT2D eigenvalue weighted by molar-refractivity contribution is 7.08. The van der Waals surface area contributed by atoms with Crippen LogP contribution in [0.15, 0.2) is 21.2 Å². The lowest BCUT2D eigenvalue weighted by atomic mass is 10.2. The van der Waals surface area contributed by atoms with Gasteiger partial charge in [0.05, 0.1) is 0 Å². The summed E-state index contributed by atoms with van der Waals surface area (Å²) in [6.07, 6.45) is 0.815. The molecule has 24 heavy (non-hydrogen) atoms. The maximum atomic E-state index is 12.0. The Morgan fingerprint density at radius 2 is 2.04 bits per heavy atom. The summed E-state index contributed by atoms with van der Waals surface area (Å²) in [5.41, 5.74) is 0.922. The third-order valence-corrected chi connectivity index (χ3v) is 4.50. The highest BCUT2D eigenvalue weighted by atomic mass is 32.1. The largest absolute Gasteiger partial charge is 0.421 e. The van der Waals surface area contributed by atoms with Gasteiger partial charge in [-0.25, -0.2) is 0 Å². The molecule has 2 heterocycles. The van der Waals surface area contributed by atoms with Crippen LogP contribution in [0.25, 0.3) is 11.5 Å². The zero-order chi connectivity index (χ0) is 17.5. The Kier molecular flexibility index (Phi) is 6.93. The first-order chi connectivity index (χ1) is 11.5. The number of carbonyl (C=O) groups excluding carboxylic acids is 1. The zero-order valence-corrected chi connectivity index (χ0v) is 15.6. The number of aromatic nitrogens is 2. The van der Waals surface area contributed by atoms with Crippen LogP contribution in [0.1, 0.15) is 40.0 Å². The Labute approximate surface area is 147 Å². The van der Waals surface area contributed by atoms with E-state index < -0.39 is 0 Å². The zero-order valence-electron chi connectivity index (χ0n) is 14.8. The molecule has 6 nitrogen and oxygen atoms in total. The van der Waals surface area contributed by atoms with Gasteiger partial charge in [0.15, 0.2) is 0 Å². The Bertz CT molecular complexity index is 614. The summed E-state index contributed by atoms with van der Waals surface area (Å²) in [5, 5.41) is 14.9. The Morgan fingerprint density at radius 1 is 1.29 bits per heavy atom. The molecule has 2 rings (SSSR count). The van der Waals surface area contributed by atoms with E-state index in [1.165, 1.54) is 0 Å². The average Bonchev–Trinajstić information content (AvgIpc) is 3.19. The number of hydrogen-bond donors (Lipinski definition) is 1. The molecule has 1 amide bonds. The number of rotatable bonds is 9. The van der Waals surface area contributed by atoms with Crippen LogP contribution in [-0.4, -0.2) is 46.2 Å². The minimum absolute atomic E-state index is 0.0118. The number of nitrogens with zero attached hydrogens (tertiary/aromatic N) is 3. The van der Waals surface area contributed by atoms with Crippen LogP contribution >= 0.6 is 11.3 Å². The molecule has 1 N–H and O–H groups in total. The second-order valence-corrected chi connectivity index (χ2v) is 7.07. The first-order valence-electron chi connectivity index (χ1n) is 8.34. The second-order valence-electron chi connectivity index (χ2n) is 6.29. The van der Waals surface area contributed by atoms with Gasteiger partial charge in [-0.05, 0) is 39.1 Å². The van der Waals surface area contributed by atoms with Gasteiger partial charge in [-0.2, -0.15) is 11.3 Å². The lowest BCUT2D eigenvalue weighted by molar-refractivity contribution is -0.121. The molecular weight excluding hydrogens is 324 g/mol. The van der Waals surface area contributed by atoms with E-state index in [1.54, 1.807) is 11.3 Å². The number of amides is 1. The number of aryl methyl sites for hydroxylation is 1. The maximum absolute atomic E-state index is 12.0. The monoisotopic (exact) mass is 350 g/mol. The smallest absolute Gasteiger partial charge is 0.248 e. The van der Waals surface area contributed by atoms with E-state index in [-0.39, 0.29) is 5.91 Å². The third kappa shape index (κ3) is 5.42. The molecule has 0 aromatic carbocycles. The molecular formula is C17H26N4O2S. The summed E-state index contributed by atoms with van der Waals surface area (Å²) < 4.78 is 5.58. The molecule has 2 aromatic rings. The van der Waals surface area contributed by atoms with E-state index in [9.17, 15) is 4.79 Å². The molecule has 0 fully saturated rings. The number of carbonyl (C=O) groups is 1. The fraction of sp³-hybridized carbons (Fsp3) is 0.588. The van der Waals surface area contributed by atoms with E-state index in [4.69, 9.17) is 4.42 Å². The topological polar surface area (TPSA) is 71.3 Å². The van der Waals surface area contributed by atoms with Crippen molar-refractivity contribution in [2.24, 2.45) is 0 Å². The molecule has 132 valence electrons. The first-order valence-corrected chi connectivity index (χ1v) is 9.29. The Hall–Kier alpha value is -1.73. The molecule has 2 aromatic heterocycles. The molecule has 0 saturated carbocycles. The SMILES string of the molecule is CC(C)N(CCNC(=O)CCc1nnc(-c2ccsc2)o1)C(C)C. The molecule has 0 aliphatic heterocycles. The van der Waals surface area contributed by atoms with Crippen LogP contribution in [0.2, 0.25) is 0 Å². The molecule has 0 spiro atoms. The third-order valence-electron chi connectivity index (χ3n) is 3.82. The number of thiophene rings is 1. The summed E-state index contributed by atoms with van der Waals surface area (Å²) >= 11 is 1.58. The summed E-state index contributed by atoms with van der Waals surface area (Å²) in [6.45, 7) is 10.2. The maximum Gasteiger partial charge on any atom is 0.248 e. The van der Waals surface area contributed by atoms with Crippen LogP contribution in [0.3, 0.4) is 0 Å². The van der Waals surface area contributed by atoms with Crippen molar-refractivity contribution in [3.8, 4) is 11.5 Å². The van der Waals surface area contributed by atoms with Crippen molar-refractivity contribution in [1.29, 1.82) is 0 Å². The van der Waals surface area contributed by atoms with Crippen molar-refractivity contribution in [3.05, 3.63) is 22.7 Å². The molecule has 0 unspecified atom stereocenters. The number of nitrogens with one attached hydrogen (secondary N) is 1. The molecule has 0 saturated heterocycles. The predicted octanol–water partition coefficient (Wildman–Crippen LogP) is 2.97. The lowest BCUT2D eigenvalue weighted by Crippen LogP contribution is -2.42. The van der Waals surface area contributed by atoms with Crippen LogP contribution < -0.4 is 5.32 Å². The van der Waals surface area contributed by atoms with Crippen molar-refractivity contribution < 1.29 is 9.21 Å². The second kappa shape index (κ2) is 8.94. The van der Waals surface area contributed by atoms with Crippen molar-refractivity contribution >= 4 is 17.2 Å². The fourth-order valence-corrected chi connectivity index (χ4v) is 3.23. The van der Waals surface area contributed by atoms with Gasteiger partial charge in [0.2, 0.25) is 17.7 Å². The summed E-state index contributed by atoms with van der Waals surface area (Å²) in [7, 11) is 0. The van der Waals surface area contributed by atoms with Gasteiger partial charge in [0.1, 0.15) is 0 Å². The summed E-state index contributed by atoms with van der Waals surface area (Å²) in [5.74, 6) is 1.02. The standard InChI is InChI=1S/C17H26N4O2S/c1-12(2)21(13(3)4)9-8-18-15(22)5-6-16-19-20-17(23-16)14-7-10-24-11-14/h7,10-13H,5-6,8-9H2,1-4H3,(H,18,22). The van der Waals surface area contributed by atoms with E-state index in [1.807, 2.05) is 16.8 Å². The van der Waals surface area contributed by atoms with Gasteiger partial charge in [0, 0.05) is 49.0 Å². The van der Waals surface area contributed by atoms with E-state index in [0.717, 1.165) is 12.1 Å². The van der Waals surface area contributed by atoms with Crippen molar-refractivity contribution in [2.45, 2.75) is 52.6 Å². The van der Waals surface area contributed by atoms with Crippen molar-refractivity contribution in [1.82, 2.24) is 20.4 Å². The molecule has 0 aliphatic rings. The molecule has 7 heteroatoms. The average molecular weight is 350 g/mol. The van der Waals surface area contributed by atoms with E-state index in [0.29, 0.717) is 43.3 Å². The summed E-state index contributed by atoms with van der Waals surface area (Å²) in [6, 6.07) is 2.87. The Morgan fingerprint density at radius 3 is 2.67 bits per heavy atom. The van der Waals surface area contributed by atoms with Gasteiger partial charge in [0.25, 0.3) is 0 Å². The predicted molar refractivity (Wildman–Crippen MR) is 95.9 cm³/mol.